The van der Waals surface area contributed by atoms with Gasteiger partial charge in [0.2, 0.25) is 5.95 Å². The predicted octanol–water partition coefficient (Wildman–Crippen LogP) is 1.80. The smallest absolute Gasteiger partial charge is 0.252 e. The molecular formula is C19H23N7O. The lowest BCUT2D eigenvalue weighted by molar-refractivity contribution is 0.0900. The Hall–Kier alpha value is -3.23. The normalized spacial score (nSPS) is 12.2. The summed E-state index contributed by atoms with van der Waals surface area (Å²) in [4.78, 5) is 22.8. The molecule has 1 aromatic heterocycles. The molecule has 1 heterocycles. The first-order chi connectivity index (χ1) is 12.9. The summed E-state index contributed by atoms with van der Waals surface area (Å²) in [6.07, 6.45) is -0.0670. The lowest BCUT2D eigenvalue weighted by atomic mass is 10.0. The van der Waals surface area contributed by atoms with Crippen LogP contribution in [0.5, 0.6) is 0 Å². The first kappa shape index (κ1) is 18.6. The number of fused-ring (bicyclic) bond motifs is 1. The van der Waals surface area contributed by atoms with Gasteiger partial charge in [0.25, 0.3) is 5.91 Å². The topological polar surface area (TPSA) is 122 Å². The van der Waals surface area contributed by atoms with E-state index in [9.17, 15) is 4.79 Å². The first-order valence-corrected chi connectivity index (χ1v) is 8.50. The fraction of sp³-hybridized carbons (Fsp3) is 0.211. The Labute approximate surface area is 157 Å². The molecule has 140 valence electrons. The highest BCUT2D eigenvalue weighted by molar-refractivity contribution is 5.97. The zero-order chi connectivity index (χ0) is 19.6. The summed E-state index contributed by atoms with van der Waals surface area (Å²) in [7, 11) is 3.82. The van der Waals surface area contributed by atoms with Crippen LogP contribution in [0.2, 0.25) is 0 Å². The number of hydrazine groups is 1. The maximum Gasteiger partial charge on any atom is 0.252 e. The minimum absolute atomic E-state index is 0.0670. The molecule has 2 aromatic carbocycles. The monoisotopic (exact) mass is 365 g/mol. The Bertz CT molecular complexity index is 987. The minimum atomic E-state index is -0.126. The van der Waals surface area contributed by atoms with Crippen molar-refractivity contribution in [3.05, 3.63) is 48.0 Å². The van der Waals surface area contributed by atoms with Crippen LogP contribution in [0, 0.1) is 0 Å². The number of anilines is 2. The van der Waals surface area contributed by atoms with Crippen LogP contribution in [0.1, 0.15) is 17.3 Å². The molecule has 0 radical (unpaired) electrons. The summed E-state index contributed by atoms with van der Waals surface area (Å²) in [6, 6.07) is 13.1. The van der Waals surface area contributed by atoms with Gasteiger partial charge in [-0.3, -0.25) is 9.69 Å². The van der Waals surface area contributed by atoms with E-state index < -0.39 is 0 Å². The number of hydrogen-bond donors (Lipinski definition) is 4. The Kier molecular flexibility index (Phi) is 5.20. The summed E-state index contributed by atoms with van der Waals surface area (Å²) in [5.41, 5.74) is 11.4. The molecule has 0 bridgehead atoms. The molecule has 1 amide bonds. The number of nitrogen functional groups attached to an aromatic ring is 2. The third kappa shape index (κ3) is 3.97. The molecule has 3 aromatic rings. The van der Waals surface area contributed by atoms with Crippen LogP contribution in [0.15, 0.2) is 42.5 Å². The second-order valence-electron chi connectivity index (χ2n) is 6.50. The number of benzene rings is 2. The maximum atomic E-state index is 12.5. The third-order valence-electron chi connectivity index (χ3n) is 4.42. The van der Waals surface area contributed by atoms with Gasteiger partial charge in [-0.05, 0) is 56.4 Å². The Morgan fingerprint density at radius 1 is 1.11 bits per heavy atom. The van der Waals surface area contributed by atoms with E-state index in [0.717, 1.165) is 16.5 Å². The van der Waals surface area contributed by atoms with Gasteiger partial charge >= 0.3 is 0 Å². The van der Waals surface area contributed by atoms with Crippen LogP contribution in [0.25, 0.3) is 22.0 Å². The van der Waals surface area contributed by atoms with Gasteiger partial charge in [0.05, 0.1) is 11.7 Å². The largest absolute Gasteiger partial charge is 0.368 e. The molecule has 1 unspecified atom stereocenters. The maximum absolute atomic E-state index is 12.5. The zero-order valence-corrected chi connectivity index (χ0v) is 15.5. The fourth-order valence-corrected chi connectivity index (χ4v) is 2.68. The Morgan fingerprint density at radius 3 is 2.56 bits per heavy atom. The average Bonchev–Trinajstić information content (AvgIpc) is 2.66. The van der Waals surface area contributed by atoms with Crippen molar-refractivity contribution in [3.63, 3.8) is 0 Å². The number of aromatic nitrogens is 2. The second-order valence-corrected chi connectivity index (χ2v) is 6.50. The molecule has 0 saturated heterocycles. The van der Waals surface area contributed by atoms with E-state index in [2.05, 4.69) is 20.7 Å². The van der Waals surface area contributed by atoms with E-state index >= 15 is 0 Å². The van der Waals surface area contributed by atoms with Gasteiger partial charge in [0, 0.05) is 10.9 Å². The molecule has 0 saturated carbocycles. The van der Waals surface area contributed by atoms with E-state index in [4.69, 9.17) is 11.6 Å². The van der Waals surface area contributed by atoms with Crippen molar-refractivity contribution in [2.45, 2.75) is 13.1 Å². The van der Waals surface area contributed by atoms with Crippen LogP contribution in [-0.4, -0.2) is 41.0 Å². The fourth-order valence-electron chi connectivity index (χ4n) is 2.68. The SMILES string of the molecule is CC(NC(=O)c1cccc(-c2ccc3nc(N)nc(NN)c3c2)c1)N(C)C. The zero-order valence-electron chi connectivity index (χ0n) is 15.5. The number of nitrogens with one attached hydrogen (secondary N) is 2. The summed E-state index contributed by atoms with van der Waals surface area (Å²) in [6.45, 7) is 1.93. The van der Waals surface area contributed by atoms with Gasteiger partial charge in [-0.2, -0.15) is 4.98 Å². The average molecular weight is 365 g/mol. The van der Waals surface area contributed by atoms with Crippen molar-refractivity contribution in [3.8, 4) is 11.1 Å². The van der Waals surface area contributed by atoms with Gasteiger partial charge in [-0.25, -0.2) is 10.8 Å². The molecule has 3 rings (SSSR count). The van der Waals surface area contributed by atoms with Crippen LogP contribution >= 0.6 is 0 Å². The number of carbonyl (C=O) groups excluding carboxylic acids is 1. The minimum Gasteiger partial charge on any atom is -0.368 e. The number of amides is 1. The molecule has 0 aliphatic rings. The summed E-state index contributed by atoms with van der Waals surface area (Å²) in [5, 5.41) is 3.71. The van der Waals surface area contributed by atoms with Crippen LogP contribution in [0.3, 0.4) is 0 Å². The van der Waals surface area contributed by atoms with Gasteiger partial charge in [0.1, 0.15) is 0 Å². The predicted molar refractivity (Wildman–Crippen MR) is 108 cm³/mol. The van der Waals surface area contributed by atoms with Crippen molar-refractivity contribution < 1.29 is 4.79 Å². The molecule has 27 heavy (non-hydrogen) atoms. The van der Waals surface area contributed by atoms with Crippen molar-refractivity contribution >= 4 is 28.6 Å². The quantitative estimate of drug-likeness (QED) is 0.309. The lowest BCUT2D eigenvalue weighted by Crippen LogP contribution is -2.42. The van der Waals surface area contributed by atoms with E-state index in [-0.39, 0.29) is 18.0 Å². The van der Waals surface area contributed by atoms with Crippen LogP contribution < -0.4 is 22.3 Å². The number of nitrogens with zero attached hydrogens (tertiary/aromatic N) is 3. The molecule has 0 aliphatic heterocycles. The molecule has 1 atom stereocenters. The third-order valence-corrected chi connectivity index (χ3v) is 4.42. The van der Waals surface area contributed by atoms with Crippen molar-refractivity contribution in [2.75, 3.05) is 25.3 Å². The first-order valence-electron chi connectivity index (χ1n) is 8.50. The lowest BCUT2D eigenvalue weighted by Gasteiger charge is -2.21. The molecule has 0 fully saturated rings. The van der Waals surface area contributed by atoms with Gasteiger partial charge in [-0.1, -0.05) is 18.2 Å². The number of hydrogen-bond acceptors (Lipinski definition) is 7. The summed E-state index contributed by atoms with van der Waals surface area (Å²) >= 11 is 0. The molecule has 0 spiro atoms. The standard InChI is InChI=1S/C19H23N7O/c1-11(26(2)3)22-18(27)14-6-4-5-12(9-14)13-7-8-16-15(10-13)17(25-21)24-19(20)23-16/h4-11H,21H2,1-3H3,(H,22,27)(H3,20,23,24,25). The van der Waals surface area contributed by atoms with E-state index in [0.29, 0.717) is 16.9 Å². The van der Waals surface area contributed by atoms with Crippen molar-refractivity contribution in [1.82, 2.24) is 20.2 Å². The molecular weight excluding hydrogens is 342 g/mol. The van der Waals surface area contributed by atoms with Crippen molar-refractivity contribution in [2.24, 2.45) is 5.84 Å². The van der Waals surface area contributed by atoms with Crippen molar-refractivity contribution in [1.29, 1.82) is 0 Å². The number of carbonyl (C=O) groups is 1. The summed E-state index contributed by atoms with van der Waals surface area (Å²) in [5.74, 6) is 6.03. The highest BCUT2D eigenvalue weighted by Gasteiger charge is 2.13. The number of nitrogens with two attached hydrogens (primary N) is 2. The van der Waals surface area contributed by atoms with Gasteiger partial charge in [0.15, 0.2) is 5.82 Å². The van der Waals surface area contributed by atoms with E-state index in [1.54, 1.807) is 6.07 Å². The van der Waals surface area contributed by atoms with E-state index in [1.807, 2.05) is 62.3 Å². The van der Waals surface area contributed by atoms with Crippen LogP contribution in [-0.2, 0) is 0 Å². The number of rotatable bonds is 5. The van der Waals surface area contributed by atoms with Gasteiger partial charge in [-0.15, -0.1) is 0 Å². The van der Waals surface area contributed by atoms with Crippen LogP contribution in [0.4, 0.5) is 11.8 Å². The van der Waals surface area contributed by atoms with Gasteiger partial charge < -0.3 is 16.5 Å². The molecule has 6 N–H and O–H groups in total. The Balaban J connectivity index is 1.97. The molecule has 8 heteroatoms. The Morgan fingerprint density at radius 2 is 1.85 bits per heavy atom. The molecule has 0 aliphatic carbocycles. The molecule has 8 nitrogen and oxygen atoms in total. The summed E-state index contributed by atoms with van der Waals surface area (Å²) < 4.78 is 0. The van der Waals surface area contributed by atoms with E-state index in [1.165, 1.54) is 0 Å². The second kappa shape index (κ2) is 7.56. The highest BCUT2D eigenvalue weighted by atomic mass is 16.1. The highest BCUT2D eigenvalue weighted by Crippen LogP contribution is 2.28.